The van der Waals surface area contributed by atoms with Crippen LogP contribution >= 0.6 is 0 Å². The molecule has 2 aliphatic heterocycles. The molecule has 2 saturated heterocycles. The van der Waals surface area contributed by atoms with Crippen LogP contribution in [0.4, 0.5) is 5.69 Å². The predicted octanol–water partition coefficient (Wildman–Crippen LogP) is 2.44. The van der Waals surface area contributed by atoms with Crippen molar-refractivity contribution in [2.24, 2.45) is 0 Å². The number of rotatable bonds is 4. The minimum Gasteiger partial charge on any atom is -0.457 e. The number of hydrogen-bond acceptors (Lipinski definition) is 5. The van der Waals surface area contributed by atoms with Crippen molar-refractivity contribution in [1.29, 1.82) is 0 Å². The first kappa shape index (κ1) is 16.8. The van der Waals surface area contributed by atoms with Crippen LogP contribution in [0, 0.1) is 0 Å². The molecule has 134 valence electrons. The van der Waals surface area contributed by atoms with Crippen molar-refractivity contribution in [3.8, 4) is 11.5 Å². The number of benzene rings is 2. The van der Waals surface area contributed by atoms with Gasteiger partial charge in [-0.2, -0.15) is 0 Å². The second kappa shape index (κ2) is 7.27. The van der Waals surface area contributed by atoms with E-state index in [1.165, 1.54) is 4.90 Å². The summed E-state index contributed by atoms with van der Waals surface area (Å²) in [6.45, 7) is 2.57. The second-order valence-electron chi connectivity index (χ2n) is 6.34. The third-order valence-corrected chi connectivity index (χ3v) is 4.68. The molecular formula is C20H20N2O4. The molecule has 4 rings (SSSR count). The Balaban J connectivity index is 1.48. The third kappa shape index (κ3) is 3.34. The van der Waals surface area contributed by atoms with Crippen LogP contribution in [-0.2, 0) is 14.3 Å². The van der Waals surface area contributed by atoms with Crippen LogP contribution in [0.5, 0.6) is 11.5 Å². The molecule has 26 heavy (non-hydrogen) atoms. The maximum absolute atomic E-state index is 12.8. The molecule has 2 amide bonds. The van der Waals surface area contributed by atoms with Gasteiger partial charge in [0.05, 0.1) is 31.4 Å². The number of carbonyl (C=O) groups is 2. The lowest BCUT2D eigenvalue weighted by Crippen LogP contribution is -2.47. The fraction of sp³-hybridized carbons (Fsp3) is 0.300. The highest BCUT2D eigenvalue weighted by Gasteiger charge is 2.42. The number of carbonyl (C=O) groups excluding carboxylic acids is 2. The summed E-state index contributed by atoms with van der Waals surface area (Å²) >= 11 is 0. The number of amides is 2. The Morgan fingerprint density at radius 2 is 1.54 bits per heavy atom. The molecule has 6 heteroatoms. The quantitative estimate of drug-likeness (QED) is 0.791. The van der Waals surface area contributed by atoms with Gasteiger partial charge >= 0.3 is 0 Å². The summed E-state index contributed by atoms with van der Waals surface area (Å²) in [5.74, 6) is 1.07. The molecule has 2 aliphatic rings. The van der Waals surface area contributed by atoms with E-state index in [0.717, 1.165) is 5.75 Å². The van der Waals surface area contributed by atoms with Crippen LogP contribution in [0.25, 0.3) is 0 Å². The zero-order valence-electron chi connectivity index (χ0n) is 14.3. The normalized spacial score (nSPS) is 21.2. The van der Waals surface area contributed by atoms with Crippen molar-refractivity contribution in [2.75, 3.05) is 31.2 Å². The van der Waals surface area contributed by atoms with Crippen molar-refractivity contribution in [3.05, 3.63) is 54.6 Å². The molecule has 2 heterocycles. The summed E-state index contributed by atoms with van der Waals surface area (Å²) in [5, 5.41) is 0. The van der Waals surface area contributed by atoms with Crippen molar-refractivity contribution in [1.82, 2.24) is 4.90 Å². The van der Waals surface area contributed by atoms with Crippen molar-refractivity contribution < 1.29 is 19.1 Å². The SMILES string of the molecule is O=C1C[C@@H](N2CCOCC2)C(=O)N1c1ccc(Oc2ccccc2)cc1. The molecular weight excluding hydrogens is 332 g/mol. The van der Waals surface area contributed by atoms with Crippen LogP contribution in [0.15, 0.2) is 54.6 Å². The van der Waals surface area contributed by atoms with E-state index in [4.69, 9.17) is 9.47 Å². The molecule has 0 spiro atoms. The van der Waals surface area contributed by atoms with Crippen molar-refractivity contribution in [3.63, 3.8) is 0 Å². The summed E-state index contributed by atoms with van der Waals surface area (Å²) in [4.78, 5) is 28.5. The zero-order chi connectivity index (χ0) is 17.9. The number of para-hydroxylation sites is 1. The first-order valence-electron chi connectivity index (χ1n) is 8.74. The highest BCUT2D eigenvalue weighted by Crippen LogP contribution is 2.29. The minimum absolute atomic E-state index is 0.159. The van der Waals surface area contributed by atoms with Gasteiger partial charge in [-0.25, -0.2) is 4.90 Å². The van der Waals surface area contributed by atoms with Crippen LogP contribution in [-0.4, -0.2) is 49.1 Å². The number of nitrogens with zero attached hydrogens (tertiary/aromatic N) is 2. The molecule has 0 radical (unpaired) electrons. The average molecular weight is 352 g/mol. The topological polar surface area (TPSA) is 59.1 Å². The highest BCUT2D eigenvalue weighted by atomic mass is 16.5. The molecule has 0 bridgehead atoms. The Morgan fingerprint density at radius 3 is 2.23 bits per heavy atom. The number of hydrogen-bond donors (Lipinski definition) is 0. The van der Waals surface area contributed by atoms with Gasteiger partial charge in [0.15, 0.2) is 0 Å². The number of anilines is 1. The largest absolute Gasteiger partial charge is 0.457 e. The van der Waals surface area contributed by atoms with Gasteiger partial charge in [0, 0.05) is 13.1 Å². The lowest BCUT2D eigenvalue weighted by molar-refractivity contribution is -0.123. The maximum Gasteiger partial charge on any atom is 0.251 e. The molecule has 0 unspecified atom stereocenters. The lowest BCUT2D eigenvalue weighted by Gasteiger charge is -2.30. The third-order valence-electron chi connectivity index (χ3n) is 4.68. The van der Waals surface area contributed by atoms with E-state index in [1.807, 2.05) is 35.2 Å². The van der Waals surface area contributed by atoms with Crippen LogP contribution in [0.3, 0.4) is 0 Å². The van der Waals surface area contributed by atoms with E-state index in [0.29, 0.717) is 37.7 Å². The highest BCUT2D eigenvalue weighted by molar-refractivity contribution is 6.22. The van der Waals surface area contributed by atoms with E-state index in [9.17, 15) is 9.59 Å². The second-order valence-corrected chi connectivity index (χ2v) is 6.34. The molecule has 0 N–H and O–H groups in total. The first-order valence-corrected chi connectivity index (χ1v) is 8.74. The van der Waals surface area contributed by atoms with E-state index in [1.54, 1.807) is 24.3 Å². The zero-order valence-corrected chi connectivity index (χ0v) is 14.3. The Labute approximate surface area is 151 Å². The van der Waals surface area contributed by atoms with Gasteiger partial charge in [0.1, 0.15) is 11.5 Å². The Hall–Kier alpha value is -2.70. The summed E-state index contributed by atoms with van der Waals surface area (Å²) < 4.78 is 11.1. The predicted molar refractivity (Wildman–Crippen MR) is 96.2 cm³/mol. The van der Waals surface area contributed by atoms with E-state index in [2.05, 4.69) is 0 Å². The summed E-state index contributed by atoms with van der Waals surface area (Å²) in [6, 6.07) is 16.1. The van der Waals surface area contributed by atoms with E-state index >= 15 is 0 Å². The standard InChI is InChI=1S/C20H20N2O4/c23-19-14-18(21-10-12-25-13-11-21)20(24)22(19)15-6-8-17(9-7-15)26-16-4-2-1-3-5-16/h1-9,18H,10-14H2/t18-/m1/s1. The number of morpholine rings is 1. The van der Waals surface area contributed by atoms with Crippen LogP contribution < -0.4 is 9.64 Å². The van der Waals surface area contributed by atoms with Crippen LogP contribution in [0.2, 0.25) is 0 Å². The van der Waals surface area contributed by atoms with Gasteiger partial charge in [-0.1, -0.05) is 18.2 Å². The molecule has 2 fully saturated rings. The maximum atomic E-state index is 12.8. The molecule has 2 aromatic rings. The molecule has 6 nitrogen and oxygen atoms in total. The fourth-order valence-electron chi connectivity index (χ4n) is 3.35. The van der Waals surface area contributed by atoms with Crippen molar-refractivity contribution in [2.45, 2.75) is 12.5 Å². The minimum atomic E-state index is -0.383. The molecule has 2 aromatic carbocycles. The number of imide groups is 1. The summed E-state index contributed by atoms with van der Waals surface area (Å²) in [6.07, 6.45) is 0.223. The van der Waals surface area contributed by atoms with Crippen molar-refractivity contribution >= 4 is 17.5 Å². The first-order chi connectivity index (χ1) is 12.7. The van der Waals surface area contributed by atoms with Gasteiger partial charge in [-0.15, -0.1) is 0 Å². The van der Waals surface area contributed by atoms with E-state index < -0.39 is 0 Å². The molecule has 1 atom stereocenters. The van der Waals surface area contributed by atoms with Crippen LogP contribution in [0.1, 0.15) is 6.42 Å². The van der Waals surface area contributed by atoms with Gasteiger partial charge < -0.3 is 9.47 Å². The van der Waals surface area contributed by atoms with Gasteiger partial charge in [0.25, 0.3) is 5.91 Å². The monoisotopic (exact) mass is 352 g/mol. The molecule has 0 saturated carbocycles. The summed E-state index contributed by atoms with van der Waals surface area (Å²) in [7, 11) is 0. The van der Waals surface area contributed by atoms with Gasteiger partial charge in [0.2, 0.25) is 5.91 Å². The number of ether oxygens (including phenoxy) is 2. The average Bonchev–Trinajstić information content (AvgIpc) is 2.98. The van der Waals surface area contributed by atoms with Gasteiger partial charge in [-0.05, 0) is 36.4 Å². The van der Waals surface area contributed by atoms with Gasteiger partial charge in [-0.3, -0.25) is 14.5 Å². The fourth-order valence-corrected chi connectivity index (χ4v) is 3.35. The van der Waals surface area contributed by atoms with E-state index in [-0.39, 0.29) is 24.3 Å². The molecule has 0 aliphatic carbocycles. The summed E-state index contributed by atoms with van der Waals surface area (Å²) in [5.41, 5.74) is 0.580. The smallest absolute Gasteiger partial charge is 0.251 e. The molecule has 0 aromatic heterocycles. The Bertz CT molecular complexity index is 785. The Kier molecular flexibility index (Phi) is 4.69. The Morgan fingerprint density at radius 1 is 0.885 bits per heavy atom. The lowest BCUT2D eigenvalue weighted by atomic mass is 10.2.